The molecule has 1 saturated carbocycles. The zero-order valence-electron chi connectivity index (χ0n) is 16.2. The Bertz CT molecular complexity index is 944. The minimum Gasteiger partial charge on any atom is -0.275 e. The summed E-state index contributed by atoms with van der Waals surface area (Å²) >= 11 is 1.70. The lowest BCUT2D eigenvalue weighted by atomic mass is 9.88. The highest BCUT2D eigenvalue weighted by Gasteiger charge is 2.39. The van der Waals surface area contributed by atoms with E-state index in [0.717, 1.165) is 25.7 Å². The van der Waals surface area contributed by atoms with E-state index in [1.165, 1.54) is 32.9 Å². The molecule has 4 heteroatoms. The summed E-state index contributed by atoms with van der Waals surface area (Å²) in [5.74, 6) is -0.225. The minimum atomic E-state index is -0.130. The number of thiophene rings is 1. The molecule has 0 bridgehead atoms. The number of imide groups is 1. The predicted octanol–water partition coefficient (Wildman–Crippen LogP) is 5.33. The molecule has 3 nitrogen and oxygen atoms in total. The van der Waals surface area contributed by atoms with Gasteiger partial charge in [-0.25, -0.2) is 0 Å². The average molecular weight is 391 g/mol. The molecule has 2 aromatic rings. The van der Waals surface area contributed by atoms with Crippen LogP contribution in [0, 0.1) is 6.07 Å². The molecule has 1 aliphatic carbocycles. The number of carbonyl (C=O) groups is 2. The molecule has 2 aliphatic rings. The first-order valence-electron chi connectivity index (χ1n) is 10.0. The van der Waals surface area contributed by atoms with Crippen LogP contribution >= 0.6 is 11.3 Å². The number of likely N-dealkylation sites (tertiary alicyclic amines) is 1. The molecule has 1 aliphatic heterocycles. The normalized spacial score (nSPS) is 19.2. The second-order valence-corrected chi connectivity index (χ2v) is 8.23. The SMILES string of the molecule is CCN1C(=O)C(=CCc2csc(-c3cc[c]cc3)c2)C(=C2CCCCC2)C1=O. The van der Waals surface area contributed by atoms with Crippen LogP contribution < -0.4 is 0 Å². The molecule has 1 saturated heterocycles. The topological polar surface area (TPSA) is 37.4 Å². The van der Waals surface area contributed by atoms with E-state index >= 15 is 0 Å². The van der Waals surface area contributed by atoms with E-state index in [4.69, 9.17) is 0 Å². The lowest BCUT2D eigenvalue weighted by Crippen LogP contribution is -2.29. The Morgan fingerprint density at radius 1 is 1.11 bits per heavy atom. The molecule has 0 N–H and O–H groups in total. The first-order chi connectivity index (χ1) is 13.7. The van der Waals surface area contributed by atoms with Gasteiger partial charge in [-0.1, -0.05) is 42.3 Å². The van der Waals surface area contributed by atoms with Crippen molar-refractivity contribution in [1.82, 2.24) is 4.90 Å². The maximum Gasteiger partial charge on any atom is 0.261 e. The van der Waals surface area contributed by atoms with Crippen LogP contribution in [-0.2, 0) is 16.0 Å². The van der Waals surface area contributed by atoms with Gasteiger partial charge in [0.1, 0.15) is 0 Å². The maximum absolute atomic E-state index is 12.9. The summed E-state index contributed by atoms with van der Waals surface area (Å²) in [6.07, 6.45) is 7.96. The molecule has 1 aromatic heterocycles. The highest BCUT2D eigenvalue weighted by molar-refractivity contribution is 7.13. The van der Waals surface area contributed by atoms with Crippen LogP contribution in [0.3, 0.4) is 0 Å². The van der Waals surface area contributed by atoms with Gasteiger partial charge in [0.25, 0.3) is 11.8 Å². The number of carbonyl (C=O) groups excluding carboxylic acids is 2. The Morgan fingerprint density at radius 2 is 1.86 bits per heavy atom. The Labute approximate surface area is 170 Å². The van der Waals surface area contributed by atoms with Crippen LogP contribution in [0.2, 0.25) is 0 Å². The molecule has 2 fully saturated rings. The summed E-state index contributed by atoms with van der Waals surface area (Å²) in [6, 6.07) is 13.2. The highest BCUT2D eigenvalue weighted by Crippen LogP contribution is 2.35. The van der Waals surface area contributed by atoms with Crippen molar-refractivity contribution in [2.75, 3.05) is 6.54 Å². The number of allylic oxidation sites excluding steroid dienone is 2. The Morgan fingerprint density at radius 3 is 2.57 bits per heavy atom. The summed E-state index contributed by atoms with van der Waals surface area (Å²) in [7, 11) is 0. The molecule has 1 radical (unpaired) electrons. The molecular formula is C24H24NO2S. The van der Waals surface area contributed by atoms with Crippen LogP contribution in [0.4, 0.5) is 0 Å². The van der Waals surface area contributed by atoms with Crippen molar-refractivity contribution in [3.8, 4) is 10.4 Å². The van der Waals surface area contributed by atoms with Gasteiger partial charge in [0, 0.05) is 17.0 Å². The minimum absolute atomic E-state index is 0.0952. The lowest BCUT2D eigenvalue weighted by Gasteiger charge is -2.16. The fourth-order valence-corrected chi connectivity index (χ4v) is 4.98. The number of likely N-dealkylation sites (N-methyl/N-ethyl adjacent to an activating group) is 1. The van der Waals surface area contributed by atoms with E-state index in [1.54, 1.807) is 11.3 Å². The van der Waals surface area contributed by atoms with Gasteiger partial charge < -0.3 is 0 Å². The molecular weight excluding hydrogens is 366 g/mol. The summed E-state index contributed by atoms with van der Waals surface area (Å²) in [5.41, 5.74) is 4.84. The molecule has 0 unspecified atom stereocenters. The third kappa shape index (κ3) is 3.61. The lowest BCUT2D eigenvalue weighted by molar-refractivity contribution is -0.136. The third-order valence-electron chi connectivity index (χ3n) is 5.53. The van der Waals surface area contributed by atoms with Crippen LogP contribution in [0.25, 0.3) is 10.4 Å². The largest absolute Gasteiger partial charge is 0.275 e. The van der Waals surface area contributed by atoms with E-state index in [0.29, 0.717) is 24.1 Å². The van der Waals surface area contributed by atoms with E-state index in [1.807, 2.05) is 25.1 Å². The maximum atomic E-state index is 12.9. The second-order valence-electron chi connectivity index (χ2n) is 7.32. The molecule has 2 heterocycles. The molecule has 1 aromatic carbocycles. The van der Waals surface area contributed by atoms with Gasteiger partial charge in [-0.15, -0.1) is 11.3 Å². The van der Waals surface area contributed by atoms with Crippen molar-refractivity contribution in [3.63, 3.8) is 0 Å². The van der Waals surface area contributed by atoms with E-state index in [-0.39, 0.29) is 11.8 Å². The van der Waals surface area contributed by atoms with Gasteiger partial charge in [0.05, 0.1) is 5.57 Å². The fraction of sp³-hybridized carbons (Fsp3) is 0.333. The van der Waals surface area contributed by atoms with Gasteiger partial charge in [0.2, 0.25) is 0 Å². The first-order valence-corrected chi connectivity index (χ1v) is 10.9. The standard InChI is InChI=1S/C24H24NO2S/c1-2-25-23(26)20(22(24(25)27)19-11-7-4-8-12-19)14-13-17-15-21(28-16-17)18-9-5-3-6-10-18/h5-6,9-10,14-16H,2,4,7-8,11-13H2,1H3. The number of hydrogen-bond donors (Lipinski definition) is 0. The van der Waals surface area contributed by atoms with Gasteiger partial charge in [-0.05, 0) is 67.7 Å². The summed E-state index contributed by atoms with van der Waals surface area (Å²) < 4.78 is 0. The van der Waals surface area contributed by atoms with Crippen LogP contribution in [0.5, 0.6) is 0 Å². The van der Waals surface area contributed by atoms with Crippen molar-refractivity contribution in [1.29, 1.82) is 0 Å². The van der Waals surface area contributed by atoms with E-state index in [2.05, 4.69) is 29.6 Å². The second kappa shape index (κ2) is 8.27. The van der Waals surface area contributed by atoms with Crippen LogP contribution in [0.1, 0.15) is 44.6 Å². The molecule has 4 rings (SSSR count). The quantitative estimate of drug-likeness (QED) is 0.522. The Hall–Kier alpha value is -2.46. The Kier molecular flexibility index (Phi) is 5.58. The molecule has 0 atom stereocenters. The highest BCUT2D eigenvalue weighted by atomic mass is 32.1. The number of hydrogen-bond acceptors (Lipinski definition) is 3. The van der Waals surface area contributed by atoms with Gasteiger partial charge in [-0.3, -0.25) is 14.5 Å². The molecule has 143 valence electrons. The number of benzene rings is 1. The zero-order valence-corrected chi connectivity index (χ0v) is 17.0. The monoisotopic (exact) mass is 390 g/mol. The molecule has 28 heavy (non-hydrogen) atoms. The van der Waals surface area contributed by atoms with Crippen molar-refractivity contribution < 1.29 is 9.59 Å². The average Bonchev–Trinajstić information content (AvgIpc) is 3.30. The van der Waals surface area contributed by atoms with Gasteiger partial charge in [0.15, 0.2) is 0 Å². The predicted molar refractivity (Wildman–Crippen MR) is 113 cm³/mol. The number of rotatable bonds is 4. The summed E-state index contributed by atoms with van der Waals surface area (Å²) in [5, 5.41) is 2.13. The van der Waals surface area contributed by atoms with E-state index < -0.39 is 0 Å². The number of nitrogens with zero attached hydrogens (tertiary/aromatic N) is 1. The van der Waals surface area contributed by atoms with Gasteiger partial charge in [-0.2, -0.15) is 0 Å². The van der Waals surface area contributed by atoms with Crippen molar-refractivity contribution in [2.45, 2.75) is 45.4 Å². The first kappa shape index (κ1) is 18.9. The van der Waals surface area contributed by atoms with Crippen molar-refractivity contribution >= 4 is 23.2 Å². The summed E-state index contributed by atoms with van der Waals surface area (Å²) in [6.45, 7) is 2.30. The Balaban J connectivity index is 1.62. The smallest absolute Gasteiger partial charge is 0.261 e. The zero-order chi connectivity index (χ0) is 19.5. The number of amides is 2. The molecule has 2 amide bonds. The summed E-state index contributed by atoms with van der Waals surface area (Å²) in [4.78, 5) is 28.3. The van der Waals surface area contributed by atoms with Crippen LogP contribution in [-0.4, -0.2) is 23.3 Å². The van der Waals surface area contributed by atoms with Crippen molar-refractivity contribution in [2.24, 2.45) is 0 Å². The van der Waals surface area contributed by atoms with E-state index in [9.17, 15) is 9.59 Å². The van der Waals surface area contributed by atoms with Crippen molar-refractivity contribution in [3.05, 3.63) is 70.1 Å². The third-order valence-corrected chi connectivity index (χ3v) is 6.56. The molecule has 0 spiro atoms. The van der Waals surface area contributed by atoms with Gasteiger partial charge >= 0.3 is 0 Å². The fourth-order valence-electron chi connectivity index (χ4n) is 4.05. The van der Waals surface area contributed by atoms with Crippen LogP contribution in [0.15, 0.2) is 58.5 Å².